The summed E-state index contributed by atoms with van der Waals surface area (Å²) >= 11 is 0. The van der Waals surface area contributed by atoms with Crippen LogP contribution in [0.2, 0.25) is 0 Å². The quantitative estimate of drug-likeness (QED) is 0.787. The minimum Gasteiger partial charge on any atom is -0.312 e. The van der Waals surface area contributed by atoms with Gasteiger partial charge < -0.3 is 5.32 Å². The Morgan fingerprint density at radius 2 is 1.86 bits per heavy atom. The van der Waals surface area contributed by atoms with Crippen molar-refractivity contribution in [1.29, 1.82) is 0 Å². The van der Waals surface area contributed by atoms with E-state index in [2.05, 4.69) is 30.0 Å². The van der Waals surface area contributed by atoms with Crippen molar-refractivity contribution in [2.75, 3.05) is 6.54 Å². The van der Waals surface area contributed by atoms with Crippen molar-refractivity contribution in [1.82, 2.24) is 15.1 Å². The Bertz CT molecular complexity index is 437. The van der Waals surface area contributed by atoms with Crippen molar-refractivity contribution in [2.24, 2.45) is 5.92 Å². The first-order valence-corrected chi connectivity index (χ1v) is 9.02. The molecular weight excluding hydrogens is 258 g/mol. The standard InChI is InChI=1S/C18H31N3/c1-14(2)11-19-12-16-13-20-21(18(16)15-9-10-15)17-7-5-3-4-6-8-17/h13-15,17,19H,3-12H2,1-2H3. The lowest BCUT2D eigenvalue weighted by Crippen LogP contribution is -2.20. The lowest BCUT2D eigenvalue weighted by atomic mass is 10.1. The van der Waals surface area contributed by atoms with Crippen LogP contribution in [0.15, 0.2) is 6.20 Å². The molecule has 0 unspecified atom stereocenters. The highest BCUT2D eigenvalue weighted by molar-refractivity contribution is 5.26. The van der Waals surface area contributed by atoms with Crippen molar-refractivity contribution in [3.8, 4) is 0 Å². The zero-order chi connectivity index (χ0) is 14.7. The zero-order valence-corrected chi connectivity index (χ0v) is 13.8. The second-order valence-electron chi connectivity index (χ2n) is 7.44. The molecule has 118 valence electrons. The molecule has 2 aliphatic carbocycles. The molecule has 3 heteroatoms. The summed E-state index contributed by atoms with van der Waals surface area (Å²) in [6.45, 7) is 6.63. The van der Waals surface area contributed by atoms with Gasteiger partial charge in [0, 0.05) is 23.7 Å². The van der Waals surface area contributed by atoms with Crippen molar-refractivity contribution in [2.45, 2.75) is 83.7 Å². The summed E-state index contributed by atoms with van der Waals surface area (Å²) in [6, 6.07) is 0.668. The van der Waals surface area contributed by atoms with E-state index in [-0.39, 0.29) is 0 Å². The first kappa shape index (κ1) is 15.1. The third-order valence-corrected chi connectivity index (χ3v) is 4.92. The Hall–Kier alpha value is -0.830. The molecular formula is C18H31N3. The van der Waals surface area contributed by atoms with E-state index in [4.69, 9.17) is 5.10 Å². The van der Waals surface area contributed by atoms with Gasteiger partial charge in [0.1, 0.15) is 0 Å². The second kappa shape index (κ2) is 6.95. The van der Waals surface area contributed by atoms with Gasteiger partial charge in [-0.3, -0.25) is 4.68 Å². The summed E-state index contributed by atoms with van der Waals surface area (Å²) in [5.74, 6) is 1.51. The number of nitrogens with zero attached hydrogens (tertiary/aromatic N) is 2. The van der Waals surface area contributed by atoms with E-state index in [1.807, 2.05) is 0 Å². The van der Waals surface area contributed by atoms with Gasteiger partial charge >= 0.3 is 0 Å². The maximum absolute atomic E-state index is 4.82. The summed E-state index contributed by atoms with van der Waals surface area (Å²) in [7, 11) is 0. The van der Waals surface area contributed by atoms with E-state index in [9.17, 15) is 0 Å². The lowest BCUT2D eigenvalue weighted by Gasteiger charge is -2.19. The fraction of sp³-hybridized carbons (Fsp3) is 0.833. The summed E-state index contributed by atoms with van der Waals surface area (Å²) in [6.07, 6.45) is 13.2. The van der Waals surface area contributed by atoms with Gasteiger partial charge in [-0.15, -0.1) is 0 Å². The topological polar surface area (TPSA) is 29.9 Å². The van der Waals surface area contributed by atoms with Crippen LogP contribution < -0.4 is 5.32 Å². The molecule has 0 amide bonds. The van der Waals surface area contributed by atoms with Gasteiger partial charge in [-0.2, -0.15) is 5.10 Å². The van der Waals surface area contributed by atoms with Crippen LogP contribution in [-0.4, -0.2) is 16.3 Å². The SMILES string of the molecule is CC(C)CNCc1cnn(C2CCCCCC2)c1C1CC1. The fourth-order valence-corrected chi connectivity index (χ4v) is 3.64. The Kier molecular flexibility index (Phi) is 4.99. The number of aromatic nitrogens is 2. The Balaban J connectivity index is 1.72. The molecule has 0 saturated heterocycles. The molecule has 0 spiro atoms. The number of rotatable bonds is 6. The third-order valence-electron chi connectivity index (χ3n) is 4.92. The second-order valence-corrected chi connectivity index (χ2v) is 7.44. The summed E-state index contributed by atoms with van der Waals surface area (Å²) in [5.41, 5.74) is 3.03. The highest BCUT2D eigenvalue weighted by atomic mass is 15.3. The molecule has 2 aliphatic rings. The van der Waals surface area contributed by atoms with Crippen LogP contribution in [0.4, 0.5) is 0 Å². The van der Waals surface area contributed by atoms with Crippen LogP contribution in [-0.2, 0) is 6.54 Å². The van der Waals surface area contributed by atoms with Crippen LogP contribution in [0.3, 0.4) is 0 Å². The first-order chi connectivity index (χ1) is 10.3. The smallest absolute Gasteiger partial charge is 0.0537 e. The Morgan fingerprint density at radius 3 is 2.48 bits per heavy atom. The van der Waals surface area contributed by atoms with Gasteiger partial charge in [0.05, 0.1) is 12.2 Å². The predicted molar refractivity (Wildman–Crippen MR) is 87.5 cm³/mol. The Morgan fingerprint density at radius 1 is 1.14 bits per heavy atom. The molecule has 0 atom stereocenters. The molecule has 0 radical (unpaired) electrons. The van der Waals surface area contributed by atoms with Crippen molar-refractivity contribution < 1.29 is 0 Å². The van der Waals surface area contributed by atoms with Gasteiger partial charge in [0.25, 0.3) is 0 Å². The van der Waals surface area contributed by atoms with Gasteiger partial charge in [-0.25, -0.2) is 0 Å². The highest BCUT2D eigenvalue weighted by Crippen LogP contribution is 2.43. The van der Waals surface area contributed by atoms with Crippen molar-refractivity contribution in [3.63, 3.8) is 0 Å². The molecule has 1 heterocycles. The van der Waals surface area contributed by atoms with Gasteiger partial charge in [-0.1, -0.05) is 39.5 Å². The van der Waals surface area contributed by atoms with Gasteiger partial charge in [0.15, 0.2) is 0 Å². The average molecular weight is 289 g/mol. The molecule has 1 N–H and O–H groups in total. The van der Waals surface area contributed by atoms with Crippen LogP contribution >= 0.6 is 0 Å². The monoisotopic (exact) mass is 289 g/mol. The van der Waals surface area contributed by atoms with E-state index in [1.54, 1.807) is 5.69 Å². The molecule has 3 rings (SSSR count). The van der Waals surface area contributed by atoms with E-state index >= 15 is 0 Å². The highest BCUT2D eigenvalue weighted by Gasteiger charge is 2.32. The van der Waals surface area contributed by atoms with E-state index in [1.165, 1.54) is 56.9 Å². The zero-order valence-electron chi connectivity index (χ0n) is 13.8. The molecule has 2 fully saturated rings. The normalized spacial score (nSPS) is 20.9. The minimum absolute atomic E-state index is 0.668. The first-order valence-electron chi connectivity index (χ1n) is 9.02. The molecule has 3 nitrogen and oxygen atoms in total. The van der Waals surface area contributed by atoms with Gasteiger partial charge in [-0.05, 0) is 38.1 Å². The average Bonchev–Trinajstić information content (AvgIpc) is 3.25. The van der Waals surface area contributed by atoms with Gasteiger partial charge in [0.2, 0.25) is 0 Å². The summed E-state index contributed by atoms with van der Waals surface area (Å²) in [5, 5.41) is 8.42. The van der Waals surface area contributed by atoms with Crippen molar-refractivity contribution in [3.05, 3.63) is 17.5 Å². The van der Waals surface area contributed by atoms with Crippen LogP contribution in [0.5, 0.6) is 0 Å². The number of nitrogens with one attached hydrogen (secondary N) is 1. The van der Waals surface area contributed by atoms with Crippen LogP contribution in [0.1, 0.15) is 88.4 Å². The summed E-state index contributed by atoms with van der Waals surface area (Å²) in [4.78, 5) is 0. The predicted octanol–water partition coefficient (Wildman–Crippen LogP) is 4.40. The van der Waals surface area contributed by atoms with Crippen LogP contribution in [0, 0.1) is 5.92 Å². The van der Waals surface area contributed by atoms with E-state index < -0.39 is 0 Å². The lowest BCUT2D eigenvalue weighted by molar-refractivity contribution is 0.392. The molecule has 0 aromatic carbocycles. The number of hydrogen-bond donors (Lipinski definition) is 1. The molecule has 21 heavy (non-hydrogen) atoms. The number of hydrogen-bond acceptors (Lipinski definition) is 2. The largest absolute Gasteiger partial charge is 0.312 e. The molecule has 0 bridgehead atoms. The molecule has 1 aromatic heterocycles. The summed E-state index contributed by atoms with van der Waals surface area (Å²) < 4.78 is 2.43. The Labute approximate surface area is 129 Å². The molecule has 2 saturated carbocycles. The maximum atomic E-state index is 4.82. The van der Waals surface area contributed by atoms with E-state index in [0.717, 1.165) is 19.0 Å². The van der Waals surface area contributed by atoms with Crippen molar-refractivity contribution >= 4 is 0 Å². The molecule has 0 aliphatic heterocycles. The fourth-order valence-electron chi connectivity index (χ4n) is 3.64. The minimum atomic E-state index is 0.668. The maximum Gasteiger partial charge on any atom is 0.0537 e. The third kappa shape index (κ3) is 3.88. The van der Waals surface area contributed by atoms with E-state index in [0.29, 0.717) is 12.0 Å². The van der Waals surface area contributed by atoms with Crippen LogP contribution in [0.25, 0.3) is 0 Å². The molecule has 1 aromatic rings.